The third-order valence-electron chi connectivity index (χ3n) is 3.80. The normalized spacial score (nSPS) is 17.0. The summed E-state index contributed by atoms with van der Waals surface area (Å²) in [5.41, 5.74) is 9.23. The molecule has 6 heteroatoms. The number of rotatable bonds is 2. The molecular formula is C15H19N5O. The Hall–Kier alpha value is -2.37. The number of hydrogen-bond donors (Lipinski definition) is 2. The topological polar surface area (TPSA) is 86.0 Å². The van der Waals surface area contributed by atoms with Crippen LogP contribution in [-0.2, 0) is 0 Å². The van der Waals surface area contributed by atoms with Crippen molar-refractivity contribution >= 4 is 11.9 Å². The number of aryl methyl sites for hydroxylation is 2. The summed E-state index contributed by atoms with van der Waals surface area (Å²) >= 11 is 0. The third kappa shape index (κ3) is 2.61. The molecule has 1 aromatic carbocycles. The number of aromatic nitrogens is 3. The first-order chi connectivity index (χ1) is 10.0. The molecule has 110 valence electrons. The van der Waals surface area contributed by atoms with Gasteiger partial charge in [-0.15, -0.1) is 0 Å². The summed E-state index contributed by atoms with van der Waals surface area (Å²) in [5.74, 6) is 2.32. The second-order valence-electron chi connectivity index (χ2n) is 5.32. The van der Waals surface area contributed by atoms with E-state index in [1.807, 2.05) is 0 Å². The maximum atomic E-state index is 5.83. The molecule has 3 rings (SSSR count). The summed E-state index contributed by atoms with van der Waals surface area (Å²) in [6.07, 6.45) is 0.861. The summed E-state index contributed by atoms with van der Waals surface area (Å²) < 4.78 is 5.83. The van der Waals surface area contributed by atoms with Gasteiger partial charge in [-0.3, -0.25) is 0 Å². The molecule has 0 aliphatic carbocycles. The van der Waals surface area contributed by atoms with E-state index >= 15 is 0 Å². The number of anilines is 2. The number of nitrogen functional groups attached to an aromatic ring is 1. The SMILES string of the molecule is Cc1nc(N)nc(NC2CCOc3c2ccc(C)c3C)n1. The zero-order chi connectivity index (χ0) is 15.0. The van der Waals surface area contributed by atoms with Gasteiger partial charge in [-0.25, -0.2) is 0 Å². The van der Waals surface area contributed by atoms with Crippen molar-refractivity contribution < 1.29 is 4.74 Å². The quantitative estimate of drug-likeness (QED) is 0.880. The molecule has 0 bridgehead atoms. The number of ether oxygens (including phenoxy) is 1. The van der Waals surface area contributed by atoms with Gasteiger partial charge in [0, 0.05) is 12.0 Å². The summed E-state index contributed by atoms with van der Waals surface area (Å²) in [6.45, 7) is 6.65. The molecule has 21 heavy (non-hydrogen) atoms. The van der Waals surface area contributed by atoms with E-state index in [0.29, 0.717) is 18.4 Å². The van der Waals surface area contributed by atoms with E-state index in [4.69, 9.17) is 10.5 Å². The van der Waals surface area contributed by atoms with Crippen LogP contribution < -0.4 is 15.8 Å². The van der Waals surface area contributed by atoms with E-state index in [1.165, 1.54) is 11.1 Å². The van der Waals surface area contributed by atoms with Crippen molar-refractivity contribution in [1.82, 2.24) is 15.0 Å². The number of fused-ring (bicyclic) bond motifs is 1. The second-order valence-corrected chi connectivity index (χ2v) is 5.32. The van der Waals surface area contributed by atoms with E-state index in [-0.39, 0.29) is 12.0 Å². The van der Waals surface area contributed by atoms with Gasteiger partial charge >= 0.3 is 0 Å². The van der Waals surface area contributed by atoms with Crippen molar-refractivity contribution in [2.45, 2.75) is 33.2 Å². The summed E-state index contributed by atoms with van der Waals surface area (Å²) in [4.78, 5) is 12.4. The summed E-state index contributed by atoms with van der Waals surface area (Å²) in [5, 5.41) is 3.34. The van der Waals surface area contributed by atoms with Crippen molar-refractivity contribution in [3.8, 4) is 5.75 Å². The molecule has 1 unspecified atom stereocenters. The first kappa shape index (κ1) is 13.6. The van der Waals surface area contributed by atoms with Crippen molar-refractivity contribution in [2.24, 2.45) is 0 Å². The average Bonchev–Trinajstić information content (AvgIpc) is 2.42. The van der Waals surface area contributed by atoms with E-state index < -0.39 is 0 Å². The summed E-state index contributed by atoms with van der Waals surface area (Å²) in [6, 6.07) is 4.34. The highest BCUT2D eigenvalue weighted by Crippen LogP contribution is 2.37. The minimum absolute atomic E-state index is 0.120. The Kier molecular flexibility index (Phi) is 3.37. The fourth-order valence-electron chi connectivity index (χ4n) is 2.58. The molecule has 0 amide bonds. The van der Waals surface area contributed by atoms with E-state index in [9.17, 15) is 0 Å². The smallest absolute Gasteiger partial charge is 0.228 e. The molecule has 1 aliphatic heterocycles. The van der Waals surface area contributed by atoms with Crippen molar-refractivity contribution in [3.63, 3.8) is 0 Å². The maximum absolute atomic E-state index is 5.83. The van der Waals surface area contributed by atoms with Crippen LogP contribution in [0.4, 0.5) is 11.9 Å². The Labute approximate surface area is 123 Å². The molecular weight excluding hydrogens is 266 g/mol. The van der Waals surface area contributed by atoms with Crippen LogP contribution in [0.15, 0.2) is 12.1 Å². The summed E-state index contributed by atoms with van der Waals surface area (Å²) in [7, 11) is 0. The monoisotopic (exact) mass is 285 g/mol. The largest absolute Gasteiger partial charge is 0.493 e. The predicted octanol–water partition coefficient (Wildman–Crippen LogP) is 2.31. The fourth-order valence-corrected chi connectivity index (χ4v) is 2.58. The van der Waals surface area contributed by atoms with Crippen LogP contribution in [0.25, 0.3) is 0 Å². The van der Waals surface area contributed by atoms with Crippen LogP contribution in [0.5, 0.6) is 5.75 Å². The van der Waals surface area contributed by atoms with Crippen LogP contribution in [0, 0.1) is 20.8 Å². The third-order valence-corrected chi connectivity index (χ3v) is 3.80. The maximum Gasteiger partial charge on any atom is 0.228 e. The Morgan fingerprint density at radius 1 is 1.19 bits per heavy atom. The van der Waals surface area contributed by atoms with Gasteiger partial charge in [0.1, 0.15) is 11.6 Å². The van der Waals surface area contributed by atoms with Gasteiger partial charge in [0.15, 0.2) is 0 Å². The Bertz CT molecular complexity index is 666. The predicted molar refractivity (Wildman–Crippen MR) is 81.4 cm³/mol. The van der Waals surface area contributed by atoms with Crippen molar-refractivity contribution in [3.05, 3.63) is 34.6 Å². The molecule has 0 saturated carbocycles. The van der Waals surface area contributed by atoms with E-state index in [0.717, 1.165) is 17.7 Å². The van der Waals surface area contributed by atoms with Crippen LogP contribution in [0.1, 0.15) is 35.0 Å². The molecule has 3 N–H and O–H groups in total. The van der Waals surface area contributed by atoms with Gasteiger partial charge in [-0.2, -0.15) is 15.0 Å². The van der Waals surface area contributed by atoms with Gasteiger partial charge in [0.2, 0.25) is 11.9 Å². The van der Waals surface area contributed by atoms with Crippen LogP contribution in [-0.4, -0.2) is 21.6 Å². The number of nitrogens with one attached hydrogen (secondary N) is 1. The standard InChI is InChI=1S/C15H19N5O/c1-8-4-5-11-12(6-7-21-13(11)9(8)2)19-15-18-10(3)17-14(16)20-15/h4-5,12H,6-7H2,1-3H3,(H3,16,17,18,19,20). The Balaban J connectivity index is 1.93. The molecule has 0 spiro atoms. The molecule has 1 aromatic heterocycles. The van der Waals surface area contributed by atoms with Crippen molar-refractivity contribution in [2.75, 3.05) is 17.7 Å². The molecule has 2 aromatic rings. The molecule has 0 fully saturated rings. The fraction of sp³-hybridized carbons (Fsp3) is 0.400. The zero-order valence-electron chi connectivity index (χ0n) is 12.5. The molecule has 1 atom stereocenters. The minimum atomic E-state index is 0.120. The first-order valence-corrected chi connectivity index (χ1v) is 7.02. The second kappa shape index (κ2) is 5.20. The lowest BCUT2D eigenvalue weighted by Crippen LogP contribution is -2.22. The molecule has 2 heterocycles. The van der Waals surface area contributed by atoms with Crippen LogP contribution >= 0.6 is 0 Å². The lowest BCUT2D eigenvalue weighted by atomic mass is 9.95. The number of benzene rings is 1. The van der Waals surface area contributed by atoms with Gasteiger partial charge in [-0.05, 0) is 31.9 Å². The highest BCUT2D eigenvalue weighted by atomic mass is 16.5. The van der Waals surface area contributed by atoms with Crippen LogP contribution in [0.2, 0.25) is 0 Å². The van der Waals surface area contributed by atoms with Gasteiger partial charge < -0.3 is 15.8 Å². The van der Waals surface area contributed by atoms with Gasteiger partial charge in [-0.1, -0.05) is 12.1 Å². The highest BCUT2D eigenvalue weighted by Gasteiger charge is 2.24. The highest BCUT2D eigenvalue weighted by molar-refractivity contribution is 5.50. The Morgan fingerprint density at radius 2 is 2.00 bits per heavy atom. The first-order valence-electron chi connectivity index (χ1n) is 7.02. The molecule has 1 aliphatic rings. The zero-order valence-corrected chi connectivity index (χ0v) is 12.5. The molecule has 0 saturated heterocycles. The minimum Gasteiger partial charge on any atom is -0.493 e. The average molecular weight is 285 g/mol. The lowest BCUT2D eigenvalue weighted by Gasteiger charge is -2.28. The number of nitrogens with two attached hydrogens (primary N) is 1. The van der Waals surface area contributed by atoms with Crippen molar-refractivity contribution in [1.29, 1.82) is 0 Å². The lowest BCUT2D eigenvalue weighted by molar-refractivity contribution is 0.272. The molecule has 6 nitrogen and oxygen atoms in total. The van der Waals surface area contributed by atoms with E-state index in [1.54, 1.807) is 6.92 Å². The number of nitrogens with zero attached hydrogens (tertiary/aromatic N) is 3. The van der Waals surface area contributed by atoms with Gasteiger partial charge in [0.25, 0.3) is 0 Å². The number of hydrogen-bond acceptors (Lipinski definition) is 6. The molecule has 0 radical (unpaired) electrons. The van der Waals surface area contributed by atoms with Crippen LogP contribution in [0.3, 0.4) is 0 Å². The van der Waals surface area contributed by atoms with E-state index in [2.05, 4.69) is 46.2 Å². The Morgan fingerprint density at radius 3 is 2.76 bits per heavy atom. The van der Waals surface area contributed by atoms with Gasteiger partial charge in [0.05, 0.1) is 12.6 Å².